The van der Waals surface area contributed by atoms with Crippen LogP contribution in [0, 0.1) is 5.82 Å². The van der Waals surface area contributed by atoms with Gasteiger partial charge in [-0.05, 0) is 71.5 Å². The number of hydrogen-bond donors (Lipinski definition) is 0. The molecule has 10 heteroatoms. The van der Waals surface area contributed by atoms with Gasteiger partial charge in [0.1, 0.15) is 22.9 Å². The second kappa shape index (κ2) is 12.0. The minimum absolute atomic E-state index is 0.0274. The lowest BCUT2D eigenvalue weighted by Crippen LogP contribution is -2.51. The van der Waals surface area contributed by atoms with E-state index in [0.717, 1.165) is 46.9 Å². The number of rotatable bonds is 6. The van der Waals surface area contributed by atoms with E-state index in [4.69, 9.17) is 21.1 Å². The topological polar surface area (TPSA) is 85.8 Å². The van der Waals surface area contributed by atoms with Crippen LogP contribution in [0.25, 0.3) is 11.1 Å². The molecule has 0 unspecified atom stereocenters. The van der Waals surface area contributed by atoms with Crippen molar-refractivity contribution in [1.29, 1.82) is 0 Å². The van der Waals surface area contributed by atoms with Crippen LogP contribution >= 0.6 is 11.6 Å². The Morgan fingerprint density at radius 1 is 0.953 bits per heavy atom. The van der Waals surface area contributed by atoms with Crippen molar-refractivity contribution in [2.45, 2.75) is 42.8 Å². The molecule has 6 rings (SSSR count). The molecule has 0 saturated carbocycles. The molecule has 43 heavy (non-hydrogen) atoms. The van der Waals surface area contributed by atoms with Gasteiger partial charge in [-0.2, -0.15) is 0 Å². The highest BCUT2D eigenvalue weighted by molar-refractivity contribution is 7.89. The zero-order chi connectivity index (χ0) is 30.0. The van der Waals surface area contributed by atoms with E-state index in [1.807, 2.05) is 36.4 Å². The number of likely N-dealkylation sites (tertiary alicyclic amines) is 1. The molecular weight excluding hydrogens is 591 g/mol. The maximum absolute atomic E-state index is 13.7. The molecule has 2 aliphatic rings. The summed E-state index contributed by atoms with van der Waals surface area (Å²) in [6.07, 6.45) is 4.10. The van der Waals surface area contributed by atoms with Crippen molar-refractivity contribution in [3.8, 4) is 22.6 Å². The standard InChI is InChI=1S/C33H30ClFN2O5S/c34-29-10-9-28(20-30(29)35)41-32(38)37-17-14-33(15-18-37)13-12-26-19-25(8-11-31(26)42-33)24-6-4-23(5-7-24)21-43(39,40)22-27-3-1-2-16-36-27/h1-11,16,19-20H,12-15,17-18,21-22H2. The minimum Gasteiger partial charge on any atom is -0.487 e. The van der Waals surface area contributed by atoms with Crippen molar-refractivity contribution in [3.63, 3.8) is 0 Å². The van der Waals surface area contributed by atoms with Gasteiger partial charge in [0.25, 0.3) is 0 Å². The summed E-state index contributed by atoms with van der Waals surface area (Å²) in [5.74, 6) is 0.195. The fraction of sp³-hybridized carbons (Fsp3) is 0.273. The number of sulfone groups is 1. The number of ether oxygens (including phenoxy) is 2. The lowest BCUT2D eigenvalue weighted by atomic mass is 9.82. The number of pyridine rings is 1. The summed E-state index contributed by atoms with van der Waals surface area (Å²) in [4.78, 5) is 18.4. The van der Waals surface area contributed by atoms with Crippen molar-refractivity contribution < 1.29 is 27.1 Å². The molecule has 222 valence electrons. The van der Waals surface area contributed by atoms with Crippen molar-refractivity contribution in [2.24, 2.45) is 0 Å². The Balaban J connectivity index is 1.05. The van der Waals surface area contributed by atoms with E-state index in [2.05, 4.69) is 11.1 Å². The average molecular weight is 621 g/mol. The number of halogens is 2. The van der Waals surface area contributed by atoms with E-state index in [1.54, 1.807) is 29.3 Å². The van der Waals surface area contributed by atoms with E-state index in [-0.39, 0.29) is 27.9 Å². The zero-order valence-corrected chi connectivity index (χ0v) is 24.9. The molecule has 1 saturated heterocycles. The number of nitrogens with zero attached hydrogens (tertiary/aromatic N) is 2. The normalized spacial score (nSPS) is 15.9. The third-order valence-electron chi connectivity index (χ3n) is 8.03. The van der Waals surface area contributed by atoms with Crippen LogP contribution in [0.5, 0.6) is 11.5 Å². The minimum atomic E-state index is -3.34. The third-order valence-corrected chi connectivity index (χ3v) is 9.85. The van der Waals surface area contributed by atoms with Crippen molar-refractivity contribution in [1.82, 2.24) is 9.88 Å². The Morgan fingerprint density at radius 2 is 1.72 bits per heavy atom. The smallest absolute Gasteiger partial charge is 0.415 e. The SMILES string of the molecule is O=C(Oc1ccc(Cl)c(F)c1)N1CCC2(CCc3cc(-c4ccc(CS(=O)(=O)Cc5ccccn5)cc4)ccc3O2)CC1. The van der Waals surface area contributed by atoms with Gasteiger partial charge in [-0.25, -0.2) is 17.6 Å². The molecule has 0 N–H and O–H groups in total. The van der Waals surface area contributed by atoms with Crippen LogP contribution in [-0.4, -0.2) is 43.1 Å². The summed E-state index contributed by atoms with van der Waals surface area (Å²) in [6.45, 7) is 0.957. The molecule has 1 amide bonds. The first-order valence-electron chi connectivity index (χ1n) is 14.1. The van der Waals surface area contributed by atoms with Crippen LogP contribution in [0.15, 0.2) is 85.1 Å². The third kappa shape index (κ3) is 6.84. The van der Waals surface area contributed by atoms with Crippen LogP contribution in [0.1, 0.15) is 36.1 Å². The fourth-order valence-corrected chi connectivity index (χ4v) is 7.20. The first-order chi connectivity index (χ1) is 20.7. The van der Waals surface area contributed by atoms with Crippen molar-refractivity contribution in [2.75, 3.05) is 13.1 Å². The van der Waals surface area contributed by atoms with Gasteiger partial charge in [-0.15, -0.1) is 0 Å². The summed E-state index contributed by atoms with van der Waals surface area (Å²) in [5, 5.41) is -0.0274. The van der Waals surface area contributed by atoms with Crippen LogP contribution in [-0.2, 0) is 27.8 Å². The highest BCUT2D eigenvalue weighted by Gasteiger charge is 2.41. The lowest BCUT2D eigenvalue weighted by Gasteiger charge is -2.44. The Kier molecular flexibility index (Phi) is 8.11. The molecule has 7 nitrogen and oxygen atoms in total. The number of aromatic nitrogens is 1. The van der Waals surface area contributed by atoms with Crippen LogP contribution < -0.4 is 9.47 Å². The summed E-state index contributed by atoms with van der Waals surface area (Å²) >= 11 is 5.71. The van der Waals surface area contributed by atoms with E-state index < -0.39 is 21.7 Å². The summed E-state index contributed by atoms with van der Waals surface area (Å²) in [5.41, 5.74) is 4.09. The van der Waals surface area contributed by atoms with Gasteiger partial charge in [0.2, 0.25) is 0 Å². The number of benzene rings is 3. The number of aryl methyl sites for hydroxylation is 1. The number of piperidine rings is 1. The molecule has 0 atom stereocenters. The molecule has 0 aliphatic carbocycles. The molecule has 3 aromatic carbocycles. The largest absolute Gasteiger partial charge is 0.487 e. The summed E-state index contributed by atoms with van der Waals surface area (Å²) in [7, 11) is -3.34. The Bertz CT molecular complexity index is 1740. The van der Waals surface area contributed by atoms with Gasteiger partial charge in [-0.1, -0.05) is 48.0 Å². The van der Waals surface area contributed by atoms with Gasteiger partial charge in [0, 0.05) is 38.2 Å². The number of carbonyl (C=O) groups excluding carboxylic acids is 1. The second-order valence-corrected chi connectivity index (χ2v) is 13.6. The Morgan fingerprint density at radius 3 is 2.44 bits per heavy atom. The second-order valence-electron chi connectivity index (χ2n) is 11.1. The van der Waals surface area contributed by atoms with E-state index in [9.17, 15) is 17.6 Å². The molecule has 4 aromatic rings. The van der Waals surface area contributed by atoms with Gasteiger partial charge in [0.15, 0.2) is 9.84 Å². The molecule has 3 heterocycles. The molecule has 0 bridgehead atoms. The van der Waals surface area contributed by atoms with Crippen molar-refractivity contribution in [3.05, 3.63) is 113 Å². The lowest BCUT2D eigenvalue weighted by molar-refractivity contribution is -0.00948. The monoisotopic (exact) mass is 620 g/mol. The van der Waals surface area contributed by atoms with Gasteiger partial charge in [0.05, 0.1) is 22.2 Å². The van der Waals surface area contributed by atoms with E-state index in [1.165, 1.54) is 12.1 Å². The maximum atomic E-state index is 13.7. The number of amides is 1. The van der Waals surface area contributed by atoms with Crippen LogP contribution in [0.4, 0.5) is 9.18 Å². The Labute approximate surface area is 255 Å². The van der Waals surface area contributed by atoms with E-state index in [0.29, 0.717) is 31.6 Å². The van der Waals surface area contributed by atoms with Gasteiger partial charge >= 0.3 is 6.09 Å². The fourth-order valence-electron chi connectivity index (χ4n) is 5.66. The number of hydrogen-bond acceptors (Lipinski definition) is 6. The van der Waals surface area contributed by atoms with Gasteiger partial charge in [-0.3, -0.25) is 4.98 Å². The van der Waals surface area contributed by atoms with Crippen LogP contribution in [0.3, 0.4) is 0 Å². The first-order valence-corrected chi connectivity index (χ1v) is 16.3. The predicted octanol–water partition coefficient (Wildman–Crippen LogP) is 7.01. The maximum Gasteiger partial charge on any atom is 0.415 e. The van der Waals surface area contributed by atoms with Gasteiger partial charge < -0.3 is 14.4 Å². The van der Waals surface area contributed by atoms with E-state index >= 15 is 0 Å². The molecule has 1 fully saturated rings. The number of fused-ring (bicyclic) bond motifs is 1. The highest BCUT2D eigenvalue weighted by atomic mass is 35.5. The van der Waals surface area contributed by atoms with Crippen LogP contribution in [0.2, 0.25) is 5.02 Å². The Hall–Kier alpha value is -3.95. The predicted molar refractivity (Wildman–Crippen MR) is 162 cm³/mol. The van der Waals surface area contributed by atoms with Crippen molar-refractivity contribution >= 4 is 27.5 Å². The highest BCUT2D eigenvalue weighted by Crippen LogP contribution is 2.41. The molecule has 2 aliphatic heterocycles. The quantitative estimate of drug-likeness (QED) is 0.230. The molecule has 1 aromatic heterocycles. The summed E-state index contributed by atoms with van der Waals surface area (Å²) < 4.78 is 50.9. The molecule has 1 spiro atoms. The first kappa shape index (κ1) is 29.1. The average Bonchev–Trinajstić information content (AvgIpc) is 2.99. The number of carbonyl (C=O) groups is 1. The zero-order valence-electron chi connectivity index (χ0n) is 23.3. The summed E-state index contributed by atoms with van der Waals surface area (Å²) in [6, 6.07) is 23.0. The molecular formula is C33H30ClFN2O5S. The molecule has 0 radical (unpaired) electrons.